The molecule has 10 nitrogen and oxygen atoms in total. The molecule has 0 bridgehead atoms. The number of benzene rings is 2. The summed E-state index contributed by atoms with van der Waals surface area (Å²) in [7, 11) is 4.60. The van der Waals surface area contributed by atoms with Crippen LogP contribution in [0.1, 0.15) is 22.6 Å². The molecule has 0 saturated carbocycles. The van der Waals surface area contributed by atoms with Crippen LogP contribution in [0.15, 0.2) is 30.3 Å². The van der Waals surface area contributed by atoms with Crippen LogP contribution >= 0.6 is 0 Å². The number of aromatic hydroxyl groups is 1. The fourth-order valence-electron chi connectivity index (χ4n) is 5.22. The lowest BCUT2D eigenvalue weighted by atomic mass is 9.67. The van der Waals surface area contributed by atoms with Crippen molar-refractivity contribution < 1.29 is 49.2 Å². The summed E-state index contributed by atoms with van der Waals surface area (Å²) in [5.41, 5.74) is 2.75. The highest BCUT2D eigenvalue weighted by atomic mass is 16.7. The molecule has 5 N–H and O–H groups in total. The first kappa shape index (κ1) is 26.5. The number of aliphatic hydroxyl groups excluding tert-OH is 4. The minimum absolute atomic E-state index is 0.00220. The van der Waals surface area contributed by atoms with E-state index < -0.39 is 24.6 Å². The van der Waals surface area contributed by atoms with E-state index in [9.17, 15) is 25.5 Å². The van der Waals surface area contributed by atoms with Crippen molar-refractivity contribution in [2.45, 2.75) is 36.9 Å². The van der Waals surface area contributed by atoms with Gasteiger partial charge in [0, 0.05) is 12.5 Å². The van der Waals surface area contributed by atoms with E-state index in [4.69, 9.17) is 23.7 Å². The summed E-state index contributed by atoms with van der Waals surface area (Å²) < 4.78 is 27.8. The van der Waals surface area contributed by atoms with E-state index >= 15 is 0 Å². The van der Waals surface area contributed by atoms with Crippen LogP contribution in [0.3, 0.4) is 0 Å². The number of aliphatic hydroxyl groups is 4. The first-order valence-corrected chi connectivity index (χ1v) is 11.8. The van der Waals surface area contributed by atoms with Gasteiger partial charge in [0.1, 0.15) is 18.3 Å². The van der Waals surface area contributed by atoms with Crippen molar-refractivity contribution in [2.24, 2.45) is 11.8 Å². The Morgan fingerprint density at radius 3 is 2.28 bits per heavy atom. The molecule has 10 heteroatoms. The van der Waals surface area contributed by atoms with E-state index in [1.807, 2.05) is 12.1 Å². The number of ether oxygens (including phenoxy) is 5. The molecule has 198 valence electrons. The minimum Gasteiger partial charge on any atom is -0.504 e. The van der Waals surface area contributed by atoms with E-state index in [1.165, 1.54) is 7.11 Å². The standard InChI is InChI=1S/C26H34O10/c1-32-20-7-13(4-5-18(20)28)23-16-9-22(34-3)21(33-2)8-14(16)6-15(10-27)17(23)11-35-26-25(31)24(30)19(29)12-36-26/h4-5,7-9,15,17,19,23-31H,6,10-12H2,1-3H3/t15?,17-,19-,23?,24+,25-,26-/m1/s1. The van der Waals surface area contributed by atoms with E-state index in [-0.39, 0.29) is 43.3 Å². The van der Waals surface area contributed by atoms with Crippen LogP contribution in [0, 0.1) is 11.8 Å². The second-order valence-corrected chi connectivity index (χ2v) is 9.21. The fourth-order valence-corrected chi connectivity index (χ4v) is 5.22. The average molecular weight is 507 g/mol. The Morgan fingerprint density at radius 1 is 0.917 bits per heavy atom. The van der Waals surface area contributed by atoms with Crippen LogP contribution in [0.2, 0.25) is 0 Å². The number of phenols is 1. The lowest BCUT2D eigenvalue weighted by Crippen LogP contribution is -2.54. The van der Waals surface area contributed by atoms with Gasteiger partial charge in [0.15, 0.2) is 29.3 Å². The Hall–Kier alpha value is -2.60. The second-order valence-electron chi connectivity index (χ2n) is 9.21. The summed E-state index contributed by atoms with van der Waals surface area (Å²) in [6, 6.07) is 8.91. The molecule has 2 aromatic carbocycles. The van der Waals surface area contributed by atoms with Crippen LogP contribution in [0.4, 0.5) is 0 Å². The molecule has 2 aromatic rings. The van der Waals surface area contributed by atoms with Gasteiger partial charge in [0.2, 0.25) is 0 Å². The Kier molecular flexibility index (Phi) is 8.23. The second kappa shape index (κ2) is 11.2. The molecule has 2 unspecified atom stereocenters. The van der Waals surface area contributed by atoms with Crippen LogP contribution in [-0.2, 0) is 15.9 Å². The van der Waals surface area contributed by atoms with Crippen molar-refractivity contribution in [1.82, 2.24) is 0 Å². The van der Waals surface area contributed by atoms with Gasteiger partial charge in [-0.25, -0.2) is 0 Å². The maximum absolute atomic E-state index is 10.4. The van der Waals surface area contributed by atoms with Gasteiger partial charge >= 0.3 is 0 Å². The van der Waals surface area contributed by atoms with Gasteiger partial charge < -0.3 is 49.2 Å². The summed E-state index contributed by atoms with van der Waals surface area (Å²) in [5, 5.41) is 50.7. The number of hydrogen-bond acceptors (Lipinski definition) is 10. The van der Waals surface area contributed by atoms with Crippen molar-refractivity contribution in [1.29, 1.82) is 0 Å². The molecule has 36 heavy (non-hydrogen) atoms. The molecule has 0 spiro atoms. The summed E-state index contributed by atoms with van der Waals surface area (Å²) in [4.78, 5) is 0. The number of fused-ring (bicyclic) bond motifs is 1. The third-order valence-electron chi connectivity index (χ3n) is 7.20. The van der Waals surface area contributed by atoms with Crippen LogP contribution in [-0.4, -0.2) is 91.3 Å². The minimum atomic E-state index is -1.42. The molecule has 1 aliphatic carbocycles. The van der Waals surface area contributed by atoms with Crippen molar-refractivity contribution in [3.05, 3.63) is 47.0 Å². The lowest BCUT2D eigenvalue weighted by molar-refractivity contribution is -0.274. The van der Waals surface area contributed by atoms with E-state index in [2.05, 4.69) is 0 Å². The van der Waals surface area contributed by atoms with E-state index in [0.717, 1.165) is 16.7 Å². The van der Waals surface area contributed by atoms with Gasteiger partial charge in [-0.05, 0) is 59.2 Å². The maximum atomic E-state index is 10.4. The molecule has 0 aromatic heterocycles. The van der Waals surface area contributed by atoms with Crippen LogP contribution in [0.5, 0.6) is 23.0 Å². The first-order chi connectivity index (χ1) is 17.3. The highest BCUT2D eigenvalue weighted by Crippen LogP contribution is 2.48. The fraction of sp³-hybridized carbons (Fsp3) is 0.538. The zero-order chi connectivity index (χ0) is 26.0. The highest BCUT2D eigenvalue weighted by Gasteiger charge is 2.42. The molecule has 1 aliphatic heterocycles. The quantitative estimate of drug-likeness (QED) is 0.348. The molecule has 2 aliphatic rings. The summed E-state index contributed by atoms with van der Waals surface area (Å²) in [5.74, 6) is 0.627. The van der Waals surface area contributed by atoms with Crippen molar-refractivity contribution in [2.75, 3.05) is 41.2 Å². The van der Waals surface area contributed by atoms with Gasteiger partial charge in [-0.1, -0.05) is 6.07 Å². The number of phenolic OH excluding ortho intramolecular Hbond substituents is 1. The van der Waals surface area contributed by atoms with E-state index in [1.54, 1.807) is 32.4 Å². The van der Waals surface area contributed by atoms with Crippen molar-refractivity contribution >= 4 is 0 Å². The summed E-state index contributed by atoms with van der Waals surface area (Å²) >= 11 is 0. The van der Waals surface area contributed by atoms with Crippen LogP contribution in [0.25, 0.3) is 0 Å². The lowest BCUT2D eigenvalue weighted by Gasteiger charge is -2.41. The molecule has 1 saturated heterocycles. The predicted molar refractivity (Wildman–Crippen MR) is 128 cm³/mol. The maximum Gasteiger partial charge on any atom is 0.186 e. The Morgan fingerprint density at radius 2 is 1.61 bits per heavy atom. The Balaban J connectivity index is 1.75. The summed E-state index contributed by atoms with van der Waals surface area (Å²) in [6.45, 7) is -0.213. The van der Waals surface area contributed by atoms with Crippen LogP contribution < -0.4 is 14.2 Å². The van der Waals surface area contributed by atoms with Gasteiger partial charge in [0.05, 0.1) is 34.5 Å². The highest BCUT2D eigenvalue weighted by molar-refractivity contribution is 5.54. The zero-order valence-electron chi connectivity index (χ0n) is 20.5. The van der Waals surface area contributed by atoms with Crippen molar-refractivity contribution in [3.8, 4) is 23.0 Å². The summed E-state index contributed by atoms with van der Waals surface area (Å²) in [6.07, 6.45) is -4.61. The monoisotopic (exact) mass is 506 g/mol. The molecular formula is C26H34O10. The number of hydrogen-bond donors (Lipinski definition) is 5. The molecule has 1 heterocycles. The molecular weight excluding hydrogens is 472 g/mol. The SMILES string of the molecule is COc1cc(C2c3cc(OC)c(OC)cc3CC(CO)[C@H]2CO[C@@H]2OC[C@@H](O)[C@H](O)[C@H]2O)ccc1O. The molecule has 0 radical (unpaired) electrons. The molecule has 1 fully saturated rings. The zero-order valence-corrected chi connectivity index (χ0v) is 20.5. The van der Waals surface area contributed by atoms with Gasteiger partial charge in [-0.3, -0.25) is 0 Å². The smallest absolute Gasteiger partial charge is 0.186 e. The molecule has 4 rings (SSSR count). The number of rotatable bonds is 8. The van der Waals surface area contributed by atoms with E-state index in [0.29, 0.717) is 23.7 Å². The first-order valence-electron chi connectivity index (χ1n) is 11.8. The average Bonchev–Trinajstić information content (AvgIpc) is 2.90. The number of methoxy groups -OCH3 is 3. The third kappa shape index (κ3) is 4.97. The predicted octanol–water partition coefficient (Wildman–Crippen LogP) is 0.786. The van der Waals surface area contributed by atoms with Gasteiger partial charge in [0.25, 0.3) is 0 Å². The largest absolute Gasteiger partial charge is 0.504 e. The van der Waals surface area contributed by atoms with Gasteiger partial charge in [-0.15, -0.1) is 0 Å². The Labute approximate surface area is 209 Å². The Bertz CT molecular complexity index is 1040. The normalized spacial score (nSPS) is 29.9. The third-order valence-corrected chi connectivity index (χ3v) is 7.20. The van der Waals surface area contributed by atoms with Gasteiger partial charge in [-0.2, -0.15) is 0 Å². The molecule has 0 amide bonds. The molecule has 7 atom stereocenters. The topological polar surface area (TPSA) is 147 Å². The van der Waals surface area contributed by atoms with Crippen molar-refractivity contribution in [3.63, 3.8) is 0 Å².